The molecule has 20 nitrogen and oxygen atoms in total. The van der Waals surface area contributed by atoms with Crippen LogP contribution in [0.2, 0.25) is 15.1 Å². The van der Waals surface area contributed by atoms with Gasteiger partial charge in [-0.2, -0.15) is 22.9 Å². The van der Waals surface area contributed by atoms with Gasteiger partial charge >= 0.3 is 18.0 Å². The smallest absolute Gasteiger partial charge is 0.427 e. The number of carboxylic acids is 1. The van der Waals surface area contributed by atoms with E-state index in [9.17, 15) is 36.7 Å². The van der Waals surface area contributed by atoms with Crippen molar-refractivity contribution < 1.29 is 65.6 Å². The van der Waals surface area contributed by atoms with E-state index < -0.39 is 59.4 Å². The van der Waals surface area contributed by atoms with Crippen LogP contribution in [0.5, 0.6) is 17.5 Å². The quantitative estimate of drug-likeness (QED) is 0.0742. The summed E-state index contributed by atoms with van der Waals surface area (Å²) in [7, 11) is -5.08. The Morgan fingerprint density at radius 1 is 1.06 bits per heavy atom. The molecule has 0 spiro atoms. The van der Waals surface area contributed by atoms with Gasteiger partial charge in [-0.1, -0.05) is 40.9 Å². The summed E-state index contributed by atoms with van der Waals surface area (Å²) < 4.78 is 74.0. The predicted octanol–water partition coefficient (Wildman–Crippen LogP) is 5.79. The third-order valence-electron chi connectivity index (χ3n) is 8.07. The van der Waals surface area contributed by atoms with Gasteiger partial charge < -0.3 is 38.4 Å². The molecule has 3 heterocycles. The lowest BCUT2D eigenvalue weighted by atomic mass is 10.2. The Kier molecular flexibility index (Phi) is 19.9. The van der Waals surface area contributed by atoms with Crippen LogP contribution in [0.15, 0.2) is 46.8 Å². The molecule has 2 aliphatic rings. The number of sulfonamides is 1. The predicted molar refractivity (Wildman–Crippen MR) is 238 cm³/mol. The number of nitrogens with one attached hydrogen (secondary N) is 2. The highest BCUT2D eigenvalue weighted by Gasteiger charge is 2.40. The number of fused-ring (bicyclic) bond motifs is 1. The molecule has 2 amide bonds. The average Bonchev–Trinajstić information content (AvgIpc) is 3.95. The fourth-order valence-corrected chi connectivity index (χ4v) is 7.38. The Morgan fingerprint density at radius 2 is 1.69 bits per heavy atom. The number of carbonyl (C=O) groups excluding carboxylic acids is 2. The van der Waals surface area contributed by atoms with Crippen molar-refractivity contribution in [2.45, 2.75) is 57.7 Å². The SMILES string of the molecule is CC(C)=C1OC(=O)N(c2cc(OC3CCCC3)c(Cl)cc2F)C1=O.COc1cc(OC)n2nc(S(=O)(=O)Nc3c(Cl)ccc(C)c3Cl)nc2n1.C[S+](C)C.O=C(O)CNCP(=O)([O-])O. The zero-order valence-corrected chi connectivity index (χ0v) is 40.4. The molecule has 1 unspecified atom stereocenters. The van der Waals surface area contributed by atoms with E-state index in [0.29, 0.717) is 26.9 Å². The normalized spacial score (nSPS) is 14.7. The van der Waals surface area contributed by atoms with Crippen molar-refractivity contribution in [2.75, 3.05) is 55.4 Å². The number of benzene rings is 2. The van der Waals surface area contributed by atoms with Crippen LogP contribution in [0.3, 0.4) is 0 Å². The summed E-state index contributed by atoms with van der Waals surface area (Å²) in [6.07, 6.45) is 8.87. The number of imide groups is 1. The minimum atomic E-state index is -4.35. The number of aryl methyl sites for hydroxylation is 1. The molecule has 1 saturated carbocycles. The summed E-state index contributed by atoms with van der Waals surface area (Å²) in [5.74, 6) is -2.11. The van der Waals surface area contributed by atoms with Gasteiger partial charge in [-0.15, -0.1) is 5.10 Å². The summed E-state index contributed by atoms with van der Waals surface area (Å²) in [5, 5.41) is 13.8. The molecular formula is C37H46Cl3FN7O13PS2. The minimum absolute atomic E-state index is 0.00962. The van der Waals surface area contributed by atoms with Crippen molar-refractivity contribution >= 4 is 98.4 Å². The standard InChI is InChI=1S/C17H17ClFNO4.C14H13Cl2N5O4S.C3H8NO5P.C3H9S/c1-9(2)15-16(21)20(17(22)24-15)13-8-14(11(18)7-12(13)19)23-10-5-3-4-6-10;1-7-4-5-8(15)12(11(7)16)20-26(22,23)14-18-13-17-9(24-2)6-10(25-3)21(13)19-14;5-3(6)1-4-2-10(7,8)9;1-4(2)3/h7-8,10H,3-6H2,1-2H3;4-6,20H,1-3H3;4H,1-2H2,(H,5,6)(H2,7,8,9);1-3H3/q;;;+1/p-1. The second-order valence-electron chi connectivity index (χ2n) is 14.0. The number of cyclic esters (lactones) is 1. The number of halogens is 4. The van der Waals surface area contributed by atoms with Gasteiger partial charge in [0.15, 0.2) is 5.76 Å². The number of rotatable bonds is 12. The van der Waals surface area contributed by atoms with Crippen LogP contribution < -0.4 is 34.0 Å². The second kappa shape index (κ2) is 23.7. The molecule has 0 radical (unpaired) electrons. The van der Waals surface area contributed by atoms with Gasteiger partial charge in [0.25, 0.3) is 21.0 Å². The summed E-state index contributed by atoms with van der Waals surface area (Å²) in [6.45, 7) is 4.52. The van der Waals surface area contributed by atoms with Crippen molar-refractivity contribution in [2.24, 2.45) is 0 Å². The first-order chi connectivity index (χ1) is 29.8. The molecule has 1 aliphatic carbocycles. The maximum absolute atomic E-state index is 14.3. The maximum Gasteiger partial charge on any atom is 0.427 e. The van der Waals surface area contributed by atoms with Crippen molar-refractivity contribution in [3.05, 3.63) is 68.1 Å². The van der Waals surface area contributed by atoms with E-state index in [2.05, 4.69) is 38.6 Å². The van der Waals surface area contributed by atoms with Crippen molar-refractivity contribution in [1.82, 2.24) is 24.9 Å². The van der Waals surface area contributed by atoms with Crippen LogP contribution in [-0.2, 0) is 39.8 Å². The second-order valence-corrected chi connectivity index (χ2v) is 20.9. The lowest BCUT2D eigenvalue weighted by molar-refractivity contribution is -0.193. The number of anilines is 2. The monoisotopic (exact) mass is 1020 g/mol. The molecule has 6 rings (SSSR count). The number of amides is 2. The third-order valence-corrected chi connectivity index (χ3v) is 10.9. The third kappa shape index (κ3) is 15.3. The van der Waals surface area contributed by atoms with Gasteiger partial charge in [0.05, 0.1) is 84.4 Å². The Labute approximate surface area is 385 Å². The highest BCUT2D eigenvalue weighted by molar-refractivity contribution is 7.94. The molecule has 1 saturated heterocycles. The number of ether oxygens (including phenoxy) is 4. The van der Waals surface area contributed by atoms with E-state index in [1.807, 2.05) is 5.32 Å². The largest absolute Gasteiger partial charge is 0.778 e. The Bertz CT molecular complexity index is 2530. The minimum Gasteiger partial charge on any atom is -0.778 e. The van der Waals surface area contributed by atoms with E-state index in [1.165, 1.54) is 32.4 Å². The number of aliphatic carboxylic acids is 1. The molecule has 4 aromatic rings. The number of allylic oxidation sites excluding steroid dienone is 1. The fourth-order valence-electron chi connectivity index (χ4n) is 5.25. The van der Waals surface area contributed by atoms with Crippen LogP contribution >= 0.6 is 42.4 Å². The highest BCUT2D eigenvalue weighted by atomic mass is 35.5. The first-order valence-electron chi connectivity index (χ1n) is 18.5. The van der Waals surface area contributed by atoms with E-state index in [1.54, 1.807) is 26.8 Å². The van der Waals surface area contributed by atoms with Crippen LogP contribution in [-0.4, -0.2) is 108 Å². The lowest BCUT2D eigenvalue weighted by Crippen LogP contribution is -2.29. The Morgan fingerprint density at radius 3 is 2.22 bits per heavy atom. The zero-order chi connectivity index (χ0) is 48.3. The number of methoxy groups -OCH3 is 2. The Hall–Kier alpha value is -4.45. The van der Waals surface area contributed by atoms with Crippen LogP contribution in [0.4, 0.5) is 20.6 Å². The topological polar surface area (TPSA) is 273 Å². The molecule has 4 N–H and O–H groups in total. The van der Waals surface area contributed by atoms with Crippen molar-refractivity contribution in [3.63, 3.8) is 0 Å². The summed E-state index contributed by atoms with van der Waals surface area (Å²) in [4.78, 5) is 60.7. The van der Waals surface area contributed by atoms with Crippen LogP contribution in [0.1, 0.15) is 45.1 Å². The van der Waals surface area contributed by atoms with Crippen molar-refractivity contribution in [1.29, 1.82) is 0 Å². The zero-order valence-electron chi connectivity index (χ0n) is 35.6. The summed E-state index contributed by atoms with van der Waals surface area (Å²) in [6, 6.07) is 6.98. The molecule has 2 aromatic carbocycles. The number of aromatic nitrogens is 4. The van der Waals surface area contributed by atoms with E-state index in [0.717, 1.165) is 36.3 Å². The van der Waals surface area contributed by atoms with Gasteiger partial charge in [-0.3, -0.25) is 19.6 Å². The molecule has 2 fully saturated rings. The number of nitrogens with zero attached hydrogens (tertiary/aromatic N) is 5. The van der Waals surface area contributed by atoms with Crippen LogP contribution in [0, 0.1) is 12.7 Å². The highest BCUT2D eigenvalue weighted by Crippen LogP contribution is 2.38. The van der Waals surface area contributed by atoms with E-state index >= 15 is 0 Å². The lowest BCUT2D eigenvalue weighted by Gasteiger charge is -2.18. The fraction of sp³-hybridized carbons (Fsp3) is 0.405. The van der Waals surface area contributed by atoms with Gasteiger partial charge in [0, 0.05) is 6.07 Å². The summed E-state index contributed by atoms with van der Waals surface area (Å²) >= 11 is 18.3. The molecule has 1 atom stereocenters. The number of carbonyl (C=O) groups is 3. The van der Waals surface area contributed by atoms with Crippen LogP contribution in [0.25, 0.3) is 5.78 Å². The first-order valence-corrected chi connectivity index (χ1v) is 25.3. The number of hydrogen-bond acceptors (Lipinski definition) is 15. The van der Waals surface area contributed by atoms with Crippen molar-refractivity contribution in [3.8, 4) is 17.5 Å². The molecule has 2 aromatic heterocycles. The first kappa shape index (κ1) is 53.9. The maximum atomic E-state index is 14.3. The molecular weight excluding hydrogens is 971 g/mol. The molecule has 352 valence electrons. The number of carboxylic acid groups (broad SMARTS) is 1. The van der Waals surface area contributed by atoms with E-state index in [-0.39, 0.29) is 61.6 Å². The van der Waals surface area contributed by atoms with Gasteiger partial charge in [-0.25, -0.2) is 14.1 Å². The molecule has 64 heavy (non-hydrogen) atoms. The van der Waals surface area contributed by atoms with Gasteiger partial charge in [-0.05, 0) is 80.6 Å². The molecule has 27 heteroatoms. The molecule has 1 aliphatic heterocycles. The average molecular weight is 1020 g/mol. The molecule has 0 bridgehead atoms. The van der Waals surface area contributed by atoms with Gasteiger partial charge in [0.2, 0.25) is 11.8 Å². The van der Waals surface area contributed by atoms with Gasteiger partial charge in [0.1, 0.15) is 19.2 Å². The summed E-state index contributed by atoms with van der Waals surface area (Å²) in [5.41, 5.74) is 1.01. The number of hydrogen-bond donors (Lipinski definition) is 4. The van der Waals surface area contributed by atoms with E-state index in [4.69, 9.17) is 63.8 Å². The Balaban J connectivity index is 0.000000265.